The summed E-state index contributed by atoms with van der Waals surface area (Å²) < 4.78 is 27.1. The maximum absolute atomic E-state index is 12.9. The molecule has 0 N–H and O–H groups in total. The Bertz CT molecular complexity index is 994. The third kappa shape index (κ3) is 4.83. The number of piperazine rings is 1. The number of hydrogen-bond acceptors (Lipinski definition) is 5. The predicted molar refractivity (Wildman–Crippen MR) is 115 cm³/mol. The maximum atomic E-state index is 12.9. The van der Waals surface area contributed by atoms with Crippen molar-refractivity contribution in [2.24, 2.45) is 0 Å². The molecule has 2 fully saturated rings. The van der Waals surface area contributed by atoms with Crippen LogP contribution >= 0.6 is 11.6 Å². The Kier molecular flexibility index (Phi) is 6.38. The summed E-state index contributed by atoms with van der Waals surface area (Å²) in [5.74, 6) is 0.0588. The van der Waals surface area contributed by atoms with E-state index in [-0.39, 0.29) is 17.7 Å². The van der Waals surface area contributed by atoms with Crippen LogP contribution in [0.1, 0.15) is 17.5 Å². The van der Waals surface area contributed by atoms with Crippen molar-refractivity contribution in [1.29, 1.82) is 0 Å². The maximum Gasteiger partial charge on any atom is 0.240 e. The number of carbonyl (C=O) groups is 1. The number of benzene rings is 1. The molecule has 1 unspecified atom stereocenters. The zero-order valence-electron chi connectivity index (χ0n) is 16.7. The largest absolute Gasteiger partial charge is 0.337 e. The van der Waals surface area contributed by atoms with Crippen LogP contribution in [0.25, 0.3) is 0 Å². The molecule has 1 amide bonds. The molecule has 0 aliphatic carbocycles. The highest BCUT2D eigenvalue weighted by molar-refractivity contribution is 7.88. The Morgan fingerprint density at radius 3 is 2.50 bits per heavy atom. The van der Waals surface area contributed by atoms with Gasteiger partial charge in [0.1, 0.15) is 0 Å². The van der Waals surface area contributed by atoms with Crippen molar-refractivity contribution in [2.45, 2.75) is 24.8 Å². The lowest BCUT2D eigenvalue weighted by Gasteiger charge is -2.36. The van der Waals surface area contributed by atoms with E-state index in [0.29, 0.717) is 49.9 Å². The number of likely N-dealkylation sites (tertiary alicyclic amines) is 1. The van der Waals surface area contributed by atoms with Gasteiger partial charge in [0.05, 0.1) is 11.8 Å². The van der Waals surface area contributed by atoms with Gasteiger partial charge in [-0.15, -0.1) is 0 Å². The first kappa shape index (κ1) is 21.2. The molecule has 4 rings (SSSR count). The molecule has 2 aliphatic rings. The van der Waals surface area contributed by atoms with Crippen LogP contribution in [0.15, 0.2) is 48.8 Å². The van der Waals surface area contributed by atoms with Crippen LogP contribution in [0.2, 0.25) is 5.02 Å². The molecule has 0 bridgehead atoms. The number of pyridine rings is 1. The van der Waals surface area contributed by atoms with Crippen molar-refractivity contribution in [3.05, 3.63) is 64.9 Å². The molecule has 7 nitrogen and oxygen atoms in total. The first-order valence-electron chi connectivity index (χ1n) is 10.1. The molecule has 2 aliphatic heterocycles. The molecule has 160 valence electrons. The van der Waals surface area contributed by atoms with Crippen molar-refractivity contribution < 1.29 is 13.2 Å². The third-order valence-corrected chi connectivity index (χ3v) is 7.80. The average molecular weight is 449 g/mol. The summed E-state index contributed by atoms with van der Waals surface area (Å²) in [5.41, 5.74) is 1.70. The van der Waals surface area contributed by atoms with Gasteiger partial charge in [0.2, 0.25) is 15.9 Å². The van der Waals surface area contributed by atoms with E-state index in [1.807, 2.05) is 17.0 Å². The van der Waals surface area contributed by atoms with Gasteiger partial charge in [-0.05, 0) is 35.7 Å². The number of hydrogen-bond donors (Lipinski definition) is 0. The van der Waals surface area contributed by atoms with Crippen LogP contribution in [0, 0.1) is 0 Å². The first-order chi connectivity index (χ1) is 14.4. The summed E-state index contributed by atoms with van der Waals surface area (Å²) in [5, 5.41) is 0.531. The molecule has 3 heterocycles. The fraction of sp³-hybridized carbons (Fsp3) is 0.429. The lowest BCUT2D eigenvalue weighted by atomic mass is 10.2. The normalized spacial score (nSPS) is 21.3. The molecule has 2 saturated heterocycles. The monoisotopic (exact) mass is 448 g/mol. The van der Waals surface area contributed by atoms with Crippen molar-refractivity contribution >= 4 is 27.5 Å². The lowest BCUT2D eigenvalue weighted by molar-refractivity contribution is -0.133. The summed E-state index contributed by atoms with van der Waals surface area (Å²) in [4.78, 5) is 21.0. The molecule has 0 radical (unpaired) electrons. The number of rotatable bonds is 6. The molecule has 0 spiro atoms. The Hall–Kier alpha value is -2.00. The van der Waals surface area contributed by atoms with Crippen molar-refractivity contribution in [2.75, 3.05) is 32.7 Å². The average Bonchev–Trinajstić information content (AvgIpc) is 3.09. The van der Waals surface area contributed by atoms with Gasteiger partial charge in [0, 0.05) is 56.7 Å². The minimum atomic E-state index is -3.42. The predicted octanol–water partition coefficient (Wildman–Crippen LogP) is 1.98. The Labute approximate surface area is 182 Å². The van der Waals surface area contributed by atoms with Crippen molar-refractivity contribution in [3.63, 3.8) is 0 Å². The molecular formula is C21H25ClN4O3S. The minimum absolute atomic E-state index is 0.0607. The summed E-state index contributed by atoms with van der Waals surface area (Å²) in [6.07, 6.45) is 4.27. The first-order valence-corrected chi connectivity index (χ1v) is 12.0. The second kappa shape index (κ2) is 9.01. The second-order valence-electron chi connectivity index (χ2n) is 7.75. The summed E-state index contributed by atoms with van der Waals surface area (Å²) >= 11 is 5.97. The van der Waals surface area contributed by atoms with E-state index >= 15 is 0 Å². The highest BCUT2D eigenvalue weighted by atomic mass is 35.5. The zero-order valence-corrected chi connectivity index (χ0v) is 18.2. The Balaban J connectivity index is 1.32. The van der Waals surface area contributed by atoms with Crippen molar-refractivity contribution in [1.82, 2.24) is 19.1 Å². The molecule has 2 aromatic rings. The Morgan fingerprint density at radius 2 is 1.80 bits per heavy atom. The van der Waals surface area contributed by atoms with Crippen molar-refractivity contribution in [3.8, 4) is 0 Å². The molecule has 30 heavy (non-hydrogen) atoms. The highest BCUT2D eigenvalue weighted by Gasteiger charge is 2.38. The fourth-order valence-electron chi connectivity index (χ4n) is 4.15. The van der Waals surface area contributed by atoms with Gasteiger partial charge in [0.25, 0.3) is 0 Å². The molecule has 9 heteroatoms. The quantitative estimate of drug-likeness (QED) is 0.675. The van der Waals surface area contributed by atoms with E-state index < -0.39 is 10.0 Å². The van der Waals surface area contributed by atoms with E-state index in [2.05, 4.69) is 9.88 Å². The van der Waals surface area contributed by atoms with Crippen LogP contribution < -0.4 is 0 Å². The number of halogens is 1. The van der Waals surface area contributed by atoms with E-state index in [1.165, 1.54) is 4.31 Å². The molecular weight excluding hydrogens is 424 g/mol. The fourth-order valence-corrected chi connectivity index (χ4v) is 5.87. The van der Waals surface area contributed by atoms with E-state index in [9.17, 15) is 13.2 Å². The van der Waals surface area contributed by atoms with Gasteiger partial charge < -0.3 is 4.90 Å². The number of sulfonamides is 1. The van der Waals surface area contributed by atoms with Gasteiger partial charge in [0.15, 0.2) is 0 Å². The smallest absolute Gasteiger partial charge is 0.240 e. The van der Waals surface area contributed by atoms with Gasteiger partial charge >= 0.3 is 0 Å². The number of nitrogens with zero attached hydrogens (tertiary/aromatic N) is 4. The van der Waals surface area contributed by atoms with Crippen LogP contribution in [0.5, 0.6) is 0 Å². The molecule has 1 aromatic heterocycles. The molecule has 1 aromatic carbocycles. The lowest BCUT2D eigenvalue weighted by Crippen LogP contribution is -2.53. The zero-order chi connectivity index (χ0) is 21.1. The molecule has 0 saturated carbocycles. The summed E-state index contributed by atoms with van der Waals surface area (Å²) in [6.45, 7) is 3.20. The third-order valence-electron chi connectivity index (χ3n) is 5.71. The number of amides is 1. The van der Waals surface area contributed by atoms with Crippen LogP contribution in [0.4, 0.5) is 0 Å². The summed E-state index contributed by atoms with van der Waals surface area (Å²) in [7, 11) is -3.42. The minimum Gasteiger partial charge on any atom is -0.337 e. The van der Waals surface area contributed by atoms with E-state index in [1.54, 1.807) is 36.7 Å². The molecule has 1 atom stereocenters. The second-order valence-corrected chi connectivity index (χ2v) is 10.2. The van der Waals surface area contributed by atoms with Gasteiger partial charge in [-0.25, -0.2) is 8.42 Å². The van der Waals surface area contributed by atoms with Crippen LogP contribution in [0.3, 0.4) is 0 Å². The van der Waals surface area contributed by atoms with Gasteiger partial charge in [-0.2, -0.15) is 4.31 Å². The SMILES string of the molecule is O=C1C(N2CCN(S(=O)(=O)Cc3cccc(Cl)c3)CC2)CCN1Cc1cccnc1. The van der Waals surface area contributed by atoms with E-state index in [4.69, 9.17) is 11.6 Å². The number of aromatic nitrogens is 1. The van der Waals surface area contributed by atoms with E-state index in [0.717, 1.165) is 12.0 Å². The standard InChI is InChI=1S/C21H25ClN4O3S/c22-19-5-1-3-17(13-19)16-30(28,29)26-11-9-24(10-12-26)20-6-8-25(21(20)27)15-18-4-2-7-23-14-18/h1-5,7,13-14,20H,6,8-12,15-16H2. The highest BCUT2D eigenvalue weighted by Crippen LogP contribution is 2.23. The number of carbonyl (C=O) groups excluding carboxylic acids is 1. The topological polar surface area (TPSA) is 73.8 Å². The van der Waals surface area contributed by atoms with Gasteiger partial charge in [-0.3, -0.25) is 14.7 Å². The van der Waals surface area contributed by atoms with Gasteiger partial charge in [-0.1, -0.05) is 29.8 Å². The van der Waals surface area contributed by atoms with Crippen LogP contribution in [-0.4, -0.2) is 72.2 Å². The Morgan fingerprint density at radius 1 is 1.03 bits per heavy atom. The summed E-state index contributed by atoms with van der Waals surface area (Å²) in [6, 6.07) is 10.6. The van der Waals surface area contributed by atoms with Crippen LogP contribution in [-0.2, 0) is 27.1 Å².